The Balaban J connectivity index is 1.95. The number of hydrogen-bond acceptors (Lipinski definition) is 4. The van der Waals surface area contributed by atoms with Gasteiger partial charge in [-0.05, 0) is 17.7 Å². The number of halogens is 2. The minimum Gasteiger partial charge on any atom is -0.469 e. The third-order valence-corrected chi connectivity index (χ3v) is 3.62. The van der Waals surface area contributed by atoms with Crippen LogP contribution in [0.25, 0.3) is 0 Å². The number of ether oxygens (including phenoxy) is 2. The van der Waals surface area contributed by atoms with E-state index in [9.17, 15) is 9.18 Å². The van der Waals surface area contributed by atoms with Crippen LogP contribution < -0.4 is 0 Å². The molecule has 0 spiro atoms. The third kappa shape index (κ3) is 3.91. The Morgan fingerprint density at radius 3 is 3.10 bits per heavy atom. The molecule has 6 heteroatoms. The van der Waals surface area contributed by atoms with Crippen LogP contribution in [0.2, 0.25) is 5.02 Å². The van der Waals surface area contributed by atoms with Crippen LogP contribution >= 0.6 is 11.6 Å². The van der Waals surface area contributed by atoms with E-state index < -0.39 is 5.82 Å². The Hall–Kier alpha value is -1.17. The van der Waals surface area contributed by atoms with Crippen LogP contribution in [-0.2, 0) is 14.3 Å². The van der Waals surface area contributed by atoms with E-state index in [4.69, 9.17) is 16.3 Å². The summed E-state index contributed by atoms with van der Waals surface area (Å²) in [4.78, 5) is 13.3. The van der Waals surface area contributed by atoms with Crippen LogP contribution in [0.1, 0.15) is 18.1 Å². The molecule has 4 nitrogen and oxygen atoms in total. The van der Waals surface area contributed by atoms with Gasteiger partial charge >= 0.3 is 5.97 Å². The van der Waals surface area contributed by atoms with Gasteiger partial charge in [-0.3, -0.25) is 9.69 Å². The van der Waals surface area contributed by atoms with Crippen molar-refractivity contribution >= 4 is 17.6 Å². The highest BCUT2D eigenvalue weighted by Gasteiger charge is 2.23. The van der Waals surface area contributed by atoms with Crippen LogP contribution in [0, 0.1) is 5.82 Å². The van der Waals surface area contributed by atoms with Gasteiger partial charge in [-0.1, -0.05) is 17.7 Å². The summed E-state index contributed by atoms with van der Waals surface area (Å²) in [6, 6.07) is 4.61. The molecule has 1 aliphatic rings. The Morgan fingerprint density at radius 2 is 2.40 bits per heavy atom. The number of rotatable bonds is 4. The first-order valence-corrected chi connectivity index (χ1v) is 6.83. The molecule has 2 rings (SSSR count). The Bertz CT molecular complexity index is 483. The molecule has 1 heterocycles. The van der Waals surface area contributed by atoms with Crippen LogP contribution in [0.4, 0.5) is 4.39 Å². The van der Waals surface area contributed by atoms with E-state index in [-0.39, 0.29) is 17.1 Å². The number of methoxy groups -OCH3 is 1. The van der Waals surface area contributed by atoms with Gasteiger partial charge in [0.15, 0.2) is 0 Å². The lowest BCUT2D eigenvalue weighted by Gasteiger charge is -2.33. The van der Waals surface area contributed by atoms with Crippen LogP contribution in [0.5, 0.6) is 0 Å². The molecule has 1 aliphatic heterocycles. The predicted octanol–water partition coefficient (Wildman–Crippen LogP) is 2.42. The second kappa shape index (κ2) is 7.02. The summed E-state index contributed by atoms with van der Waals surface area (Å²) >= 11 is 5.79. The Kier molecular flexibility index (Phi) is 5.34. The molecular weight excluding hydrogens is 285 g/mol. The number of carbonyl (C=O) groups excluding carboxylic acids is 1. The van der Waals surface area contributed by atoms with Gasteiger partial charge in [-0.2, -0.15) is 0 Å². The van der Waals surface area contributed by atoms with Crippen molar-refractivity contribution in [1.82, 2.24) is 4.90 Å². The summed E-state index contributed by atoms with van der Waals surface area (Å²) in [6.07, 6.45) is 0.201. The van der Waals surface area contributed by atoms with Gasteiger partial charge in [0, 0.05) is 19.6 Å². The molecule has 1 aromatic rings. The average molecular weight is 302 g/mol. The standard InChI is InChI=1S/C14H17ClFNO3/c1-19-14(18)4-5-17-6-7-20-13(9-17)10-2-3-12(16)11(15)8-10/h2-3,8,13H,4-7,9H2,1H3. The predicted molar refractivity (Wildman–Crippen MR) is 73.2 cm³/mol. The number of morpholine rings is 1. The molecule has 0 radical (unpaired) electrons. The second-order valence-corrected chi connectivity index (χ2v) is 5.07. The van der Waals surface area contributed by atoms with Crippen molar-refractivity contribution in [2.45, 2.75) is 12.5 Å². The fourth-order valence-corrected chi connectivity index (χ4v) is 2.36. The van der Waals surface area contributed by atoms with Crippen molar-refractivity contribution in [3.8, 4) is 0 Å². The molecule has 1 unspecified atom stereocenters. The lowest BCUT2D eigenvalue weighted by molar-refractivity contribution is -0.141. The zero-order valence-electron chi connectivity index (χ0n) is 11.3. The van der Waals surface area contributed by atoms with E-state index in [1.807, 2.05) is 0 Å². The monoisotopic (exact) mass is 301 g/mol. The lowest BCUT2D eigenvalue weighted by Crippen LogP contribution is -2.39. The maximum atomic E-state index is 13.2. The number of carbonyl (C=O) groups is 1. The fourth-order valence-electron chi connectivity index (χ4n) is 2.17. The number of nitrogens with zero attached hydrogens (tertiary/aromatic N) is 1. The zero-order valence-corrected chi connectivity index (χ0v) is 12.0. The van der Waals surface area contributed by atoms with Gasteiger partial charge in [-0.15, -0.1) is 0 Å². The first-order chi connectivity index (χ1) is 9.60. The highest BCUT2D eigenvalue weighted by atomic mass is 35.5. The van der Waals surface area contributed by atoms with Crippen LogP contribution in [0.15, 0.2) is 18.2 Å². The molecule has 1 aromatic carbocycles. The summed E-state index contributed by atoms with van der Waals surface area (Å²) < 4.78 is 23.5. The first kappa shape index (κ1) is 15.2. The summed E-state index contributed by atoms with van der Waals surface area (Å²) in [7, 11) is 1.38. The first-order valence-electron chi connectivity index (χ1n) is 6.46. The molecule has 1 saturated heterocycles. The van der Waals surface area contributed by atoms with E-state index in [0.29, 0.717) is 26.1 Å². The van der Waals surface area contributed by atoms with Crippen molar-refractivity contribution in [3.63, 3.8) is 0 Å². The molecule has 0 aliphatic carbocycles. The zero-order chi connectivity index (χ0) is 14.5. The Labute approximate surface area is 122 Å². The largest absolute Gasteiger partial charge is 0.469 e. The minimum atomic E-state index is -0.436. The summed E-state index contributed by atoms with van der Waals surface area (Å²) in [5.41, 5.74) is 0.846. The average Bonchev–Trinajstić information content (AvgIpc) is 2.48. The maximum Gasteiger partial charge on any atom is 0.306 e. The van der Waals surface area contributed by atoms with Gasteiger partial charge in [0.25, 0.3) is 0 Å². The smallest absolute Gasteiger partial charge is 0.306 e. The van der Waals surface area contributed by atoms with Crippen molar-refractivity contribution < 1.29 is 18.7 Å². The van der Waals surface area contributed by atoms with Crippen molar-refractivity contribution in [2.75, 3.05) is 33.4 Å². The lowest BCUT2D eigenvalue weighted by atomic mass is 10.1. The van der Waals surface area contributed by atoms with Crippen molar-refractivity contribution in [1.29, 1.82) is 0 Å². The molecule has 0 saturated carbocycles. The van der Waals surface area contributed by atoms with Crippen molar-refractivity contribution in [2.24, 2.45) is 0 Å². The van der Waals surface area contributed by atoms with Crippen LogP contribution in [0.3, 0.4) is 0 Å². The molecule has 1 atom stereocenters. The number of hydrogen-bond donors (Lipinski definition) is 0. The summed E-state index contributed by atoms with van der Waals surface area (Å²) in [5.74, 6) is -0.661. The van der Waals surface area contributed by atoms with Gasteiger partial charge < -0.3 is 9.47 Å². The highest BCUT2D eigenvalue weighted by molar-refractivity contribution is 6.30. The third-order valence-electron chi connectivity index (χ3n) is 3.33. The molecule has 0 amide bonds. The SMILES string of the molecule is COC(=O)CCN1CCOC(c2ccc(F)c(Cl)c2)C1. The molecule has 20 heavy (non-hydrogen) atoms. The van der Waals surface area contributed by atoms with Gasteiger partial charge in [0.05, 0.1) is 31.3 Å². The molecule has 0 aromatic heterocycles. The van der Waals surface area contributed by atoms with Crippen LogP contribution in [-0.4, -0.2) is 44.2 Å². The van der Waals surface area contributed by atoms with Gasteiger partial charge in [0.1, 0.15) is 5.82 Å². The Morgan fingerprint density at radius 1 is 1.60 bits per heavy atom. The van der Waals surface area contributed by atoms with Gasteiger partial charge in [-0.25, -0.2) is 4.39 Å². The quantitative estimate of drug-likeness (QED) is 0.801. The summed E-state index contributed by atoms with van der Waals surface area (Å²) in [5, 5.41) is 0.0952. The topological polar surface area (TPSA) is 38.8 Å². The van der Waals surface area contributed by atoms with E-state index >= 15 is 0 Å². The molecule has 110 valence electrons. The minimum absolute atomic E-state index is 0.0952. The van der Waals surface area contributed by atoms with Crippen molar-refractivity contribution in [3.05, 3.63) is 34.6 Å². The molecule has 0 N–H and O–H groups in total. The van der Waals surface area contributed by atoms with Gasteiger partial charge in [0.2, 0.25) is 0 Å². The normalized spacial score (nSPS) is 19.9. The molecular formula is C14H17ClFNO3. The van der Waals surface area contributed by atoms with E-state index in [1.165, 1.54) is 13.2 Å². The van der Waals surface area contributed by atoms with E-state index in [0.717, 1.165) is 12.1 Å². The number of benzene rings is 1. The fraction of sp³-hybridized carbons (Fsp3) is 0.500. The summed E-state index contributed by atoms with van der Waals surface area (Å²) in [6.45, 7) is 2.61. The maximum absolute atomic E-state index is 13.2. The number of esters is 1. The van der Waals surface area contributed by atoms with E-state index in [1.54, 1.807) is 12.1 Å². The second-order valence-electron chi connectivity index (χ2n) is 4.66. The highest BCUT2D eigenvalue weighted by Crippen LogP contribution is 2.26. The van der Waals surface area contributed by atoms with E-state index in [2.05, 4.69) is 9.64 Å². The molecule has 0 bridgehead atoms. The molecule has 1 fully saturated rings.